The average Bonchev–Trinajstić information content (AvgIpc) is 2.63. The highest BCUT2D eigenvalue weighted by Crippen LogP contribution is 2.19. The Morgan fingerprint density at radius 1 is 0.538 bits per heavy atom. The highest BCUT2D eigenvalue weighted by Gasteiger charge is 2.41. The highest BCUT2D eigenvalue weighted by atomic mass is 28.4. The average molecular weight is 399 g/mol. The van der Waals surface area contributed by atoms with Crippen LogP contribution in [0.3, 0.4) is 0 Å². The van der Waals surface area contributed by atoms with Gasteiger partial charge in [0.25, 0.3) is 0 Å². The lowest BCUT2D eigenvalue weighted by atomic mass is 10.4. The van der Waals surface area contributed by atoms with Crippen LogP contribution in [0.5, 0.6) is 0 Å². The Hall–Kier alpha value is -0.506. The number of hydrogen-bond donors (Lipinski definition) is 0. The normalized spacial score (nSPS) is 12.5. The molecule has 150 valence electrons. The standard InChI is InChI=1S/C20H38O4Si2/c1-7-17-25(21-9-3,22-10-4)19-13-15-20(16-14-19)26(18-8-2,23-11-5)24-12-6/h13-16H,7-12,17-18H2,1-6H3. The molecule has 0 unspecified atom stereocenters. The Kier molecular flexibility index (Phi) is 10.9. The van der Waals surface area contributed by atoms with Gasteiger partial charge < -0.3 is 17.7 Å². The minimum absolute atomic E-state index is 0.681. The molecule has 0 spiro atoms. The summed E-state index contributed by atoms with van der Waals surface area (Å²) in [5.41, 5.74) is 0. The van der Waals surface area contributed by atoms with Gasteiger partial charge in [-0.1, -0.05) is 51.0 Å². The van der Waals surface area contributed by atoms with Crippen molar-refractivity contribution in [1.82, 2.24) is 0 Å². The van der Waals surface area contributed by atoms with E-state index in [9.17, 15) is 0 Å². The highest BCUT2D eigenvalue weighted by molar-refractivity contribution is 6.82. The van der Waals surface area contributed by atoms with Crippen molar-refractivity contribution in [3.05, 3.63) is 24.3 Å². The third-order valence-electron chi connectivity index (χ3n) is 4.43. The molecule has 0 saturated heterocycles. The van der Waals surface area contributed by atoms with Crippen molar-refractivity contribution in [2.75, 3.05) is 26.4 Å². The smallest absolute Gasteiger partial charge is 0.372 e. The maximum Gasteiger partial charge on any atom is 0.372 e. The molecule has 0 aromatic heterocycles. The maximum absolute atomic E-state index is 6.23. The topological polar surface area (TPSA) is 36.9 Å². The first-order valence-corrected chi connectivity index (χ1v) is 14.3. The van der Waals surface area contributed by atoms with Crippen LogP contribution >= 0.6 is 0 Å². The van der Waals surface area contributed by atoms with E-state index in [-0.39, 0.29) is 0 Å². The van der Waals surface area contributed by atoms with Gasteiger partial charge >= 0.3 is 17.1 Å². The molecule has 0 fully saturated rings. The molecule has 0 aliphatic rings. The fraction of sp³-hybridized carbons (Fsp3) is 0.700. The Morgan fingerprint density at radius 2 is 0.808 bits per heavy atom. The van der Waals surface area contributed by atoms with Crippen molar-refractivity contribution in [1.29, 1.82) is 0 Å². The molecule has 6 heteroatoms. The number of benzene rings is 1. The summed E-state index contributed by atoms with van der Waals surface area (Å²) in [4.78, 5) is 0. The molecule has 0 aliphatic heterocycles. The van der Waals surface area contributed by atoms with Crippen molar-refractivity contribution in [3.63, 3.8) is 0 Å². The van der Waals surface area contributed by atoms with Gasteiger partial charge in [-0.2, -0.15) is 0 Å². The third-order valence-corrected chi connectivity index (χ3v) is 12.2. The van der Waals surface area contributed by atoms with E-state index < -0.39 is 17.1 Å². The second-order valence-corrected chi connectivity index (χ2v) is 12.6. The Bertz CT molecular complexity index is 414. The van der Waals surface area contributed by atoms with E-state index in [0.29, 0.717) is 26.4 Å². The van der Waals surface area contributed by atoms with Gasteiger partial charge in [-0.25, -0.2) is 0 Å². The summed E-state index contributed by atoms with van der Waals surface area (Å²) in [5, 5.41) is 2.42. The van der Waals surface area contributed by atoms with Crippen LogP contribution in [0.15, 0.2) is 24.3 Å². The molecular weight excluding hydrogens is 360 g/mol. The lowest BCUT2D eigenvalue weighted by Gasteiger charge is -2.32. The van der Waals surface area contributed by atoms with Crippen molar-refractivity contribution >= 4 is 27.5 Å². The quantitative estimate of drug-likeness (QED) is 0.445. The lowest BCUT2D eigenvalue weighted by Crippen LogP contribution is -2.56. The van der Waals surface area contributed by atoms with Crippen molar-refractivity contribution in [3.8, 4) is 0 Å². The van der Waals surface area contributed by atoms with Crippen molar-refractivity contribution in [2.24, 2.45) is 0 Å². The Labute approximate surface area is 162 Å². The monoisotopic (exact) mass is 398 g/mol. The van der Waals surface area contributed by atoms with Gasteiger partial charge in [0.1, 0.15) is 0 Å². The molecule has 1 aromatic carbocycles. The zero-order chi connectivity index (χ0) is 19.5. The molecule has 0 radical (unpaired) electrons. The van der Waals surface area contributed by atoms with Crippen LogP contribution in [-0.2, 0) is 17.7 Å². The van der Waals surface area contributed by atoms with Gasteiger partial charge in [0.15, 0.2) is 0 Å². The molecule has 0 N–H and O–H groups in total. The van der Waals surface area contributed by atoms with E-state index in [0.717, 1.165) is 24.9 Å². The van der Waals surface area contributed by atoms with Crippen LogP contribution in [0, 0.1) is 0 Å². The van der Waals surface area contributed by atoms with E-state index in [1.54, 1.807) is 0 Å². The van der Waals surface area contributed by atoms with E-state index in [2.05, 4.69) is 38.1 Å². The van der Waals surface area contributed by atoms with Gasteiger partial charge in [-0.15, -0.1) is 0 Å². The van der Waals surface area contributed by atoms with Crippen LogP contribution < -0.4 is 10.4 Å². The van der Waals surface area contributed by atoms with E-state index >= 15 is 0 Å². The molecule has 0 amide bonds. The number of rotatable bonds is 14. The molecule has 0 atom stereocenters. The Morgan fingerprint density at radius 3 is 1.00 bits per heavy atom. The molecule has 1 aromatic rings. The van der Waals surface area contributed by atoms with Crippen LogP contribution in [0.2, 0.25) is 12.1 Å². The van der Waals surface area contributed by atoms with Crippen molar-refractivity contribution in [2.45, 2.75) is 66.5 Å². The predicted octanol–water partition coefficient (Wildman–Crippen LogP) is 3.95. The number of hydrogen-bond acceptors (Lipinski definition) is 4. The zero-order valence-electron chi connectivity index (χ0n) is 17.6. The van der Waals surface area contributed by atoms with Gasteiger partial charge in [0.05, 0.1) is 0 Å². The van der Waals surface area contributed by atoms with Crippen LogP contribution in [0.4, 0.5) is 0 Å². The molecule has 26 heavy (non-hydrogen) atoms. The predicted molar refractivity (Wildman–Crippen MR) is 114 cm³/mol. The summed E-state index contributed by atoms with van der Waals surface area (Å²) >= 11 is 0. The summed E-state index contributed by atoms with van der Waals surface area (Å²) in [6, 6.07) is 10.7. The van der Waals surface area contributed by atoms with Gasteiger partial charge in [-0.05, 0) is 50.2 Å². The lowest BCUT2D eigenvalue weighted by molar-refractivity contribution is 0.194. The van der Waals surface area contributed by atoms with Crippen LogP contribution in [-0.4, -0.2) is 43.5 Å². The first kappa shape index (κ1) is 23.5. The summed E-state index contributed by atoms with van der Waals surface area (Å²) in [7, 11) is -4.75. The van der Waals surface area contributed by atoms with Crippen LogP contribution in [0.1, 0.15) is 54.4 Å². The van der Waals surface area contributed by atoms with Gasteiger partial charge in [0.2, 0.25) is 0 Å². The molecule has 0 saturated carbocycles. The molecule has 0 heterocycles. The molecule has 0 bridgehead atoms. The zero-order valence-corrected chi connectivity index (χ0v) is 19.6. The SMILES string of the molecule is CCC[Si](OCC)(OCC)c1ccc([Si](CCC)(OCC)OCC)cc1. The maximum atomic E-state index is 6.23. The van der Waals surface area contributed by atoms with Gasteiger partial charge in [-0.3, -0.25) is 0 Å². The molecule has 1 rings (SSSR count). The Balaban J connectivity index is 3.27. The second-order valence-electron chi connectivity index (χ2n) is 6.32. The van der Waals surface area contributed by atoms with E-state index in [1.165, 1.54) is 10.4 Å². The third kappa shape index (κ3) is 5.74. The fourth-order valence-corrected chi connectivity index (χ4v) is 10.1. The largest absolute Gasteiger partial charge is 0.391 e. The summed E-state index contributed by atoms with van der Waals surface area (Å²) < 4.78 is 24.9. The minimum atomic E-state index is -2.38. The first-order chi connectivity index (χ1) is 12.6. The van der Waals surface area contributed by atoms with E-state index in [1.807, 2.05) is 27.7 Å². The van der Waals surface area contributed by atoms with Crippen LogP contribution in [0.25, 0.3) is 0 Å². The molecule has 0 aliphatic carbocycles. The fourth-order valence-electron chi connectivity index (χ4n) is 3.56. The van der Waals surface area contributed by atoms with Gasteiger partial charge in [0, 0.05) is 26.4 Å². The van der Waals surface area contributed by atoms with Crippen molar-refractivity contribution < 1.29 is 17.7 Å². The molecular formula is C20H38O4Si2. The first-order valence-electron chi connectivity index (χ1n) is 10.2. The summed E-state index contributed by atoms with van der Waals surface area (Å²) in [5.74, 6) is 0. The molecule has 4 nitrogen and oxygen atoms in total. The summed E-state index contributed by atoms with van der Waals surface area (Å²) in [6.45, 7) is 15.3. The van der Waals surface area contributed by atoms with E-state index in [4.69, 9.17) is 17.7 Å². The second kappa shape index (κ2) is 12.1. The summed E-state index contributed by atoms with van der Waals surface area (Å²) in [6.07, 6.45) is 2.11. The minimum Gasteiger partial charge on any atom is -0.391 e.